The van der Waals surface area contributed by atoms with Gasteiger partial charge in [0.1, 0.15) is 18.2 Å². The molecule has 5 nitrogen and oxygen atoms in total. The summed E-state index contributed by atoms with van der Waals surface area (Å²) < 4.78 is 31.9. The lowest BCUT2D eigenvalue weighted by Crippen LogP contribution is -2.49. The van der Waals surface area contributed by atoms with Crippen molar-refractivity contribution in [2.75, 3.05) is 52.4 Å². The summed E-state index contributed by atoms with van der Waals surface area (Å²) in [7, 11) is 0. The Hall–Kier alpha value is -1.73. The largest absolute Gasteiger partial charge is 0.448 e. The standard InChI is InChI=1S/C17H23F2N3O2/c1-13(15-3-2-14(18)12-16(15)19)21-7-4-20(5-8-21)6-9-22-10-11-24-17(22)23/h2-3,12-13H,4-11H2,1H3/t13-/m1/s1. The fraction of sp³-hybridized carbons (Fsp3) is 0.588. The van der Waals surface area contributed by atoms with E-state index in [0.29, 0.717) is 25.3 Å². The van der Waals surface area contributed by atoms with Crippen LogP contribution >= 0.6 is 0 Å². The van der Waals surface area contributed by atoms with Gasteiger partial charge in [-0.25, -0.2) is 13.6 Å². The van der Waals surface area contributed by atoms with Crippen LogP contribution in [0.25, 0.3) is 0 Å². The first-order valence-electron chi connectivity index (χ1n) is 8.37. The quantitative estimate of drug-likeness (QED) is 0.823. The number of amides is 1. The van der Waals surface area contributed by atoms with Crippen LogP contribution in [0.5, 0.6) is 0 Å². The molecule has 1 aromatic rings. The van der Waals surface area contributed by atoms with Crippen molar-refractivity contribution in [2.45, 2.75) is 13.0 Å². The molecule has 1 aromatic carbocycles. The smallest absolute Gasteiger partial charge is 0.409 e. The Morgan fingerprint density at radius 1 is 1.12 bits per heavy atom. The fourth-order valence-corrected chi connectivity index (χ4v) is 3.30. The Labute approximate surface area is 140 Å². The van der Waals surface area contributed by atoms with Gasteiger partial charge >= 0.3 is 6.09 Å². The topological polar surface area (TPSA) is 36.0 Å². The molecule has 0 spiro atoms. The first kappa shape index (κ1) is 17.1. The molecule has 0 unspecified atom stereocenters. The lowest BCUT2D eigenvalue weighted by atomic mass is 10.1. The molecule has 2 aliphatic rings. The fourth-order valence-electron chi connectivity index (χ4n) is 3.30. The predicted octanol–water partition coefficient (Wildman–Crippen LogP) is 2.10. The maximum absolute atomic E-state index is 13.9. The third-order valence-electron chi connectivity index (χ3n) is 4.90. The van der Waals surface area contributed by atoms with E-state index in [-0.39, 0.29) is 12.1 Å². The Bertz CT molecular complexity index is 591. The van der Waals surface area contributed by atoms with E-state index in [2.05, 4.69) is 9.80 Å². The van der Waals surface area contributed by atoms with Crippen LogP contribution in [0.3, 0.4) is 0 Å². The third-order valence-corrected chi connectivity index (χ3v) is 4.90. The summed E-state index contributed by atoms with van der Waals surface area (Å²) in [5, 5.41) is 0. The molecule has 24 heavy (non-hydrogen) atoms. The first-order chi connectivity index (χ1) is 11.5. The molecule has 0 saturated carbocycles. The molecular weight excluding hydrogens is 316 g/mol. The minimum Gasteiger partial charge on any atom is -0.448 e. The van der Waals surface area contributed by atoms with Gasteiger partial charge in [0.25, 0.3) is 0 Å². The van der Waals surface area contributed by atoms with Crippen LogP contribution in [-0.2, 0) is 4.74 Å². The Morgan fingerprint density at radius 3 is 2.50 bits per heavy atom. The summed E-state index contributed by atoms with van der Waals surface area (Å²) in [6.45, 7) is 7.99. The van der Waals surface area contributed by atoms with E-state index in [4.69, 9.17) is 4.74 Å². The van der Waals surface area contributed by atoms with Crippen molar-refractivity contribution in [3.05, 3.63) is 35.4 Å². The van der Waals surface area contributed by atoms with Gasteiger partial charge in [0.15, 0.2) is 0 Å². The summed E-state index contributed by atoms with van der Waals surface area (Å²) >= 11 is 0. The van der Waals surface area contributed by atoms with Gasteiger partial charge in [-0.3, -0.25) is 9.80 Å². The van der Waals surface area contributed by atoms with E-state index >= 15 is 0 Å². The van der Waals surface area contributed by atoms with Crippen LogP contribution in [0, 0.1) is 11.6 Å². The van der Waals surface area contributed by atoms with Crippen molar-refractivity contribution in [1.82, 2.24) is 14.7 Å². The highest BCUT2D eigenvalue weighted by Gasteiger charge is 2.26. The molecule has 2 fully saturated rings. The Kier molecular flexibility index (Phi) is 5.30. The molecule has 1 atom stereocenters. The van der Waals surface area contributed by atoms with E-state index < -0.39 is 11.6 Å². The SMILES string of the molecule is C[C@H](c1ccc(F)cc1F)N1CCN(CCN2CCOC2=O)CC1. The number of ether oxygens (including phenoxy) is 1. The zero-order valence-corrected chi connectivity index (χ0v) is 13.9. The lowest BCUT2D eigenvalue weighted by molar-refractivity contribution is 0.0946. The third kappa shape index (κ3) is 3.84. The predicted molar refractivity (Wildman–Crippen MR) is 85.7 cm³/mol. The molecule has 132 valence electrons. The monoisotopic (exact) mass is 339 g/mol. The van der Waals surface area contributed by atoms with Gasteiger partial charge in [0, 0.05) is 56.9 Å². The zero-order chi connectivity index (χ0) is 17.1. The van der Waals surface area contributed by atoms with Gasteiger partial charge in [0.2, 0.25) is 0 Å². The van der Waals surface area contributed by atoms with Crippen LogP contribution in [0.1, 0.15) is 18.5 Å². The number of rotatable bonds is 5. The summed E-state index contributed by atoms with van der Waals surface area (Å²) in [6, 6.07) is 3.69. The Morgan fingerprint density at radius 2 is 1.88 bits per heavy atom. The van der Waals surface area contributed by atoms with Gasteiger partial charge in [-0.2, -0.15) is 0 Å². The summed E-state index contributed by atoms with van der Waals surface area (Å²) in [5.74, 6) is -1.04. The molecule has 0 aliphatic carbocycles. The van der Waals surface area contributed by atoms with Crippen LogP contribution in [0.2, 0.25) is 0 Å². The number of cyclic esters (lactones) is 1. The number of halogens is 2. The number of carbonyl (C=O) groups excluding carboxylic acids is 1. The number of piperazine rings is 1. The second-order valence-corrected chi connectivity index (χ2v) is 6.32. The lowest BCUT2D eigenvalue weighted by Gasteiger charge is -2.38. The van der Waals surface area contributed by atoms with Crippen LogP contribution in [0.15, 0.2) is 18.2 Å². The highest BCUT2D eigenvalue weighted by molar-refractivity contribution is 5.69. The van der Waals surface area contributed by atoms with Crippen LogP contribution < -0.4 is 0 Å². The molecule has 2 saturated heterocycles. The van der Waals surface area contributed by atoms with Crippen molar-refractivity contribution < 1.29 is 18.3 Å². The molecule has 2 aliphatic heterocycles. The average molecular weight is 339 g/mol. The molecule has 2 heterocycles. The molecule has 1 amide bonds. The van der Waals surface area contributed by atoms with Crippen LogP contribution in [-0.4, -0.2) is 73.2 Å². The van der Waals surface area contributed by atoms with Gasteiger partial charge < -0.3 is 9.64 Å². The van der Waals surface area contributed by atoms with Crippen molar-refractivity contribution in [1.29, 1.82) is 0 Å². The molecule has 7 heteroatoms. The summed E-state index contributed by atoms with van der Waals surface area (Å²) in [4.78, 5) is 17.6. The summed E-state index contributed by atoms with van der Waals surface area (Å²) in [5.41, 5.74) is 0.532. The van der Waals surface area contributed by atoms with Gasteiger partial charge in [-0.05, 0) is 13.0 Å². The van der Waals surface area contributed by atoms with Crippen molar-refractivity contribution in [3.63, 3.8) is 0 Å². The number of carbonyl (C=O) groups is 1. The molecular formula is C17H23F2N3O2. The number of nitrogens with zero attached hydrogens (tertiary/aromatic N) is 3. The average Bonchev–Trinajstić information content (AvgIpc) is 2.98. The van der Waals surface area contributed by atoms with E-state index in [1.807, 2.05) is 6.92 Å². The minimum absolute atomic E-state index is 0.0821. The highest BCUT2D eigenvalue weighted by atomic mass is 19.1. The van der Waals surface area contributed by atoms with E-state index in [9.17, 15) is 13.6 Å². The van der Waals surface area contributed by atoms with Gasteiger partial charge in [-0.1, -0.05) is 6.07 Å². The molecule has 0 bridgehead atoms. The number of hydrogen-bond acceptors (Lipinski definition) is 4. The van der Waals surface area contributed by atoms with E-state index in [1.54, 1.807) is 4.90 Å². The Balaban J connectivity index is 1.48. The van der Waals surface area contributed by atoms with Crippen molar-refractivity contribution in [2.24, 2.45) is 0 Å². The summed E-state index contributed by atoms with van der Waals surface area (Å²) in [6.07, 6.45) is -0.228. The van der Waals surface area contributed by atoms with Gasteiger partial charge in [-0.15, -0.1) is 0 Å². The molecule has 0 aromatic heterocycles. The van der Waals surface area contributed by atoms with E-state index in [1.165, 1.54) is 12.1 Å². The maximum Gasteiger partial charge on any atom is 0.409 e. The van der Waals surface area contributed by atoms with E-state index in [0.717, 1.165) is 38.8 Å². The van der Waals surface area contributed by atoms with Crippen molar-refractivity contribution >= 4 is 6.09 Å². The van der Waals surface area contributed by atoms with Gasteiger partial charge in [0.05, 0.1) is 6.54 Å². The molecule has 0 N–H and O–H groups in total. The first-order valence-corrected chi connectivity index (χ1v) is 8.37. The normalized spacial score (nSPS) is 21.1. The van der Waals surface area contributed by atoms with Crippen LogP contribution in [0.4, 0.5) is 13.6 Å². The van der Waals surface area contributed by atoms with Crippen molar-refractivity contribution in [3.8, 4) is 0 Å². The number of benzene rings is 1. The highest BCUT2D eigenvalue weighted by Crippen LogP contribution is 2.24. The maximum atomic E-state index is 13.9. The molecule has 0 radical (unpaired) electrons. The second-order valence-electron chi connectivity index (χ2n) is 6.32. The molecule has 3 rings (SSSR count). The number of hydrogen-bond donors (Lipinski definition) is 0. The zero-order valence-electron chi connectivity index (χ0n) is 13.9. The minimum atomic E-state index is -0.547. The second kappa shape index (κ2) is 7.44.